The van der Waals surface area contributed by atoms with Crippen LogP contribution < -0.4 is 0 Å². The van der Waals surface area contributed by atoms with E-state index in [1.165, 1.54) is 12.8 Å². The average molecular weight is 231 g/mol. The minimum Gasteiger partial charge on any atom is -0.338 e. The van der Waals surface area contributed by atoms with Gasteiger partial charge >= 0.3 is 0 Å². The first-order valence-corrected chi connectivity index (χ1v) is 6.55. The normalized spacial score (nSPS) is 18.4. The Morgan fingerprint density at radius 1 is 1.24 bits per heavy atom. The molecule has 1 heterocycles. The van der Waals surface area contributed by atoms with Gasteiger partial charge in [0.05, 0.1) is 0 Å². The second kappa shape index (κ2) is 4.91. The molecule has 0 saturated carbocycles. The van der Waals surface area contributed by atoms with Crippen LogP contribution in [0.3, 0.4) is 0 Å². The third kappa shape index (κ3) is 2.36. The first kappa shape index (κ1) is 12.2. The lowest BCUT2D eigenvalue weighted by molar-refractivity contribution is 0.0770. The van der Waals surface area contributed by atoms with E-state index < -0.39 is 0 Å². The highest BCUT2D eigenvalue weighted by molar-refractivity contribution is 5.94. The number of carbonyl (C=O) groups excluding carboxylic acids is 1. The lowest BCUT2D eigenvalue weighted by Crippen LogP contribution is -2.31. The highest BCUT2D eigenvalue weighted by Gasteiger charge is 2.37. The molecule has 1 aliphatic heterocycles. The molecule has 1 amide bonds. The maximum atomic E-state index is 12.3. The molecule has 0 aliphatic carbocycles. The fourth-order valence-corrected chi connectivity index (χ4v) is 2.70. The molecule has 17 heavy (non-hydrogen) atoms. The molecule has 0 N–H and O–H groups in total. The van der Waals surface area contributed by atoms with Crippen LogP contribution in [0.5, 0.6) is 0 Å². The van der Waals surface area contributed by atoms with Crippen molar-refractivity contribution in [2.45, 2.75) is 33.1 Å². The predicted molar refractivity (Wildman–Crippen MR) is 70.0 cm³/mol. The van der Waals surface area contributed by atoms with Crippen molar-refractivity contribution in [2.24, 2.45) is 5.41 Å². The Hall–Kier alpha value is -1.31. The lowest BCUT2D eigenvalue weighted by atomic mass is 9.82. The monoisotopic (exact) mass is 231 g/mol. The SMILES string of the molecule is CCC1(CC)CCN(C(=O)c2ccccc2)C1. The molecule has 92 valence electrons. The molecule has 2 nitrogen and oxygen atoms in total. The highest BCUT2D eigenvalue weighted by Crippen LogP contribution is 2.37. The van der Waals surface area contributed by atoms with Gasteiger partial charge in [-0.2, -0.15) is 0 Å². The predicted octanol–water partition coefficient (Wildman–Crippen LogP) is 3.34. The van der Waals surface area contributed by atoms with Crippen molar-refractivity contribution >= 4 is 5.91 Å². The van der Waals surface area contributed by atoms with E-state index in [-0.39, 0.29) is 5.91 Å². The Kier molecular flexibility index (Phi) is 3.51. The van der Waals surface area contributed by atoms with Gasteiger partial charge in [-0.15, -0.1) is 0 Å². The summed E-state index contributed by atoms with van der Waals surface area (Å²) in [7, 11) is 0. The number of likely N-dealkylation sites (tertiary alicyclic amines) is 1. The third-order valence-corrected chi connectivity index (χ3v) is 4.25. The van der Waals surface area contributed by atoms with Gasteiger partial charge in [0.1, 0.15) is 0 Å². The van der Waals surface area contributed by atoms with Crippen LogP contribution in [-0.2, 0) is 0 Å². The Balaban J connectivity index is 2.09. The number of benzene rings is 1. The summed E-state index contributed by atoms with van der Waals surface area (Å²) in [4.78, 5) is 14.3. The zero-order valence-corrected chi connectivity index (χ0v) is 10.8. The van der Waals surface area contributed by atoms with Crippen molar-refractivity contribution in [1.82, 2.24) is 4.90 Å². The van der Waals surface area contributed by atoms with Crippen molar-refractivity contribution < 1.29 is 4.79 Å². The summed E-state index contributed by atoms with van der Waals surface area (Å²) in [6, 6.07) is 9.61. The standard InChI is InChI=1S/C15H21NO/c1-3-15(4-2)10-11-16(12-15)14(17)13-8-6-5-7-9-13/h5-9H,3-4,10-12H2,1-2H3. The summed E-state index contributed by atoms with van der Waals surface area (Å²) in [6.07, 6.45) is 3.49. The molecule has 0 aromatic heterocycles. The summed E-state index contributed by atoms with van der Waals surface area (Å²) in [5.74, 6) is 0.189. The molecule has 1 aromatic rings. The maximum absolute atomic E-state index is 12.3. The topological polar surface area (TPSA) is 20.3 Å². The number of amides is 1. The molecular weight excluding hydrogens is 210 g/mol. The average Bonchev–Trinajstić information content (AvgIpc) is 2.84. The lowest BCUT2D eigenvalue weighted by Gasteiger charge is -2.26. The maximum Gasteiger partial charge on any atom is 0.253 e. The summed E-state index contributed by atoms with van der Waals surface area (Å²) in [6.45, 7) is 6.31. The first-order valence-electron chi connectivity index (χ1n) is 6.55. The van der Waals surface area contributed by atoms with Gasteiger partial charge in [0.25, 0.3) is 5.91 Å². The molecule has 0 unspecified atom stereocenters. The molecule has 0 bridgehead atoms. The molecular formula is C15H21NO. The molecule has 2 rings (SSSR count). The molecule has 1 aliphatic rings. The zero-order chi connectivity index (χ0) is 12.3. The molecule has 0 atom stereocenters. The van der Waals surface area contributed by atoms with E-state index in [9.17, 15) is 4.79 Å². The van der Waals surface area contributed by atoms with Crippen molar-refractivity contribution in [3.8, 4) is 0 Å². The Bertz CT molecular complexity index is 381. The van der Waals surface area contributed by atoms with Gasteiger partial charge in [0.2, 0.25) is 0 Å². The fraction of sp³-hybridized carbons (Fsp3) is 0.533. The molecule has 1 saturated heterocycles. The van der Waals surface area contributed by atoms with Crippen LogP contribution in [0.1, 0.15) is 43.5 Å². The fourth-order valence-electron chi connectivity index (χ4n) is 2.70. The van der Waals surface area contributed by atoms with Crippen LogP contribution in [-0.4, -0.2) is 23.9 Å². The number of hydrogen-bond donors (Lipinski definition) is 0. The van der Waals surface area contributed by atoms with Crippen molar-refractivity contribution in [2.75, 3.05) is 13.1 Å². The molecule has 1 aromatic carbocycles. The van der Waals surface area contributed by atoms with Crippen molar-refractivity contribution in [1.29, 1.82) is 0 Å². The van der Waals surface area contributed by atoms with Gasteiger partial charge in [-0.05, 0) is 36.8 Å². The van der Waals surface area contributed by atoms with E-state index in [0.717, 1.165) is 25.1 Å². The number of carbonyl (C=O) groups is 1. The minimum absolute atomic E-state index is 0.189. The minimum atomic E-state index is 0.189. The van der Waals surface area contributed by atoms with Crippen LogP contribution in [0.2, 0.25) is 0 Å². The molecule has 0 spiro atoms. The van der Waals surface area contributed by atoms with E-state index >= 15 is 0 Å². The van der Waals surface area contributed by atoms with Crippen LogP contribution >= 0.6 is 0 Å². The molecule has 0 radical (unpaired) electrons. The van der Waals surface area contributed by atoms with E-state index in [0.29, 0.717) is 5.41 Å². The second-order valence-electron chi connectivity index (χ2n) is 5.05. The van der Waals surface area contributed by atoms with Crippen LogP contribution in [0.15, 0.2) is 30.3 Å². The molecule has 1 fully saturated rings. The van der Waals surface area contributed by atoms with Crippen LogP contribution in [0, 0.1) is 5.41 Å². The summed E-state index contributed by atoms with van der Waals surface area (Å²) in [5, 5.41) is 0. The van der Waals surface area contributed by atoms with Gasteiger partial charge in [-0.1, -0.05) is 32.0 Å². The largest absolute Gasteiger partial charge is 0.338 e. The van der Waals surface area contributed by atoms with E-state index in [1.807, 2.05) is 35.2 Å². The van der Waals surface area contributed by atoms with Gasteiger partial charge in [0, 0.05) is 18.7 Å². The number of nitrogens with zero attached hydrogens (tertiary/aromatic N) is 1. The van der Waals surface area contributed by atoms with Crippen LogP contribution in [0.25, 0.3) is 0 Å². The molecule has 2 heteroatoms. The summed E-state index contributed by atoms with van der Waals surface area (Å²) in [5.41, 5.74) is 1.18. The number of rotatable bonds is 3. The van der Waals surface area contributed by atoms with E-state index in [4.69, 9.17) is 0 Å². The summed E-state index contributed by atoms with van der Waals surface area (Å²) < 4.78 is 0. The third-order valence-electron chi connectivity index (χ3n) is 4.25. The van der Waals surface area contributed by atoms with E-state index in [1.54, 1.807) is 0 Å². The zero-order valence-electron chi connectivity index (χ0n) is 10.8. The van der Waals surface area contributed by atoms with Crippen molar-refractivity contribution in [3.05, 3.63) is 35.9 Å². The van der Waals surface area contributed by atoms with E-state index in [2.05, 4.69) is 13.8 Å². The Morgan fingerprint density at radius 3 is 2.41 bits per heavy atom. The smallest absolute Gasteiger partial charge is 0.253 e. The number of hydrogen-bond acceptors (Lipinski definition) is 1. The quantitative estimate of drug-likeness (QED) is 0.781. The van der Waals surface area contributed by atoms with Gasteiger partial charge in [-0.25, -0.2) is 0 Å². The van der Waals surface area contributed by atoms with Crippen molar-refractivity contribution in [3.63, 3.8) is 0 Å². The Morgan fingerprint density at radius 2 is 1.88 bits per heavy atom. The van der Waals surface area contributed by atoms with Gasteiger partial charge in [0.15, 0.2) is 0 Å². The van der Waals surface area contributed by atoms with Crippen LogP contribution in [0.4, 0.5) is 0 Å². The second-order valence-corrected chi connectivity index (χ2v) is 5.05. The highest BCUT2D eigenvalue weighted by atomic mass is 16.2. The first-order chi connectivity index (χ1) is 8.21. The van der Waals surface area contributed by atoms with Gasteiger partial charge < -0.3 is 4.90 Å². The Labute approximate surface area is 104 Å². The van der Waals surface area contributed by atoms with Gasteiger partial charge in [-0.3, -0.25) is 4.79 Å². The summed E-state index contributed by atoms with van der Waals surface area (Å²) >= 11 is 0.